The first kappa shape index (κ1) is 19.3. The minimum atomic E-state index is -3.56. The van der Waals surface area contributed by atoms with Gasteiger partial charge in [-0.25, -0.2) is 13.1 Å². The lowest BCUT2D eigenvalue weighted by Gasteiger charge is -2.31. The average Bonchev–Trinajstić information content (AvgIpc) is 2.67. The number of hydrogen-bond donors (Lipinski definition) is 2. The molecule has 144 valence electrons. The minimum absolute atomic E-state index is 0.0210. The number of aryl methyl sites for hydroxylation is 2. The number of nitrogens with one attached hydrogen (secondary N) is 2. The number of likely N-dealkylation sites (tertiary alicyclic amines) is 1. The minimum Gasteiger partial charge on any atom is -0.343 e. The number of piperidine rings is 1. The van der Waals surface area contributed by atoms with Crippen LogP contribution in [-0.2, 0) is 27.7 Å². The van der Waals surface area contributed by atoms with E-state index in [0.717, 1.165) is 50.8 Å². The maximum Gasteiger partial charge on any atom is 0.240 e. The molecule has 2 N–H and O–H groups in total. The molecule has 0 spiro atoms. The molecule has 1 aliphatic heterocycles. The fraction of sp³-hybridized carbons (Fsp3) is 0.632. The number of carbonyl (C=O) groups excluding carboxylic acids is 1. The van der Waals surface area contributed by atoms with E-state index < -0.39 is 10.0 Å². The van der Waals surface area contributed by atoms with Gasteiger partial charge in [-0.3, -0.25) is 4.79 Å². The molecule has 1 fully saturated rings. The van der Waals surface area contributed by atoms with Gasteiger partial charge < -0.3 is 10.2 Å². The summed E-state index contributed by atoms with van der Waals surface area (Å²) in [4.78, 5) is 14.4. The monoisotopic (exact) mass is 379 g/mol. The highest BCUT2D eigenvalue weighted by molar-refractivity contribution is 7.89. The second-order valence-electron chi connectivity index (χ2n) is 7.23. The molecule has 1 aromatic carbocycles. The molecular weight excluding hydrogens is 350 g/mol. The van der Waals surface area contributed by atoms with Crippen molar-refractivity contribution in [2.45, 2.75) is 55.9 Å². The van der Waals surface area contributed by atoms with Gasteiger partial charge in [0.05, 0.1) is 4.90 Å². The highest BCUT2D eigenvalue weighted by Crippen LogP contribution is 2.24. The maximum absolute atomic E-state index is 12.5. The lowest BCUT2D eigenvalue weighted by Crippen LogP contribution is -2.44. The number of hydrogen-bond acceptors (Lipinski definition) is 4. The van der Waals surface area contributed by atoms with E-state index in [0.29, 0.717) is 10.9 Å². The average molecular weight is 380 g/mol. The van der Waals surface area contributed by atoms with Gasteiger partial charge in [0, 0.05) is 32.1 Å². The Balaban J connectivity index is 1.51. The Labute approximate surface area is 156 Å². The molecule has 0 radical (unpaired) electrons. The van der Waals surface area contributed by atoms with Crippen LogP contribution in [0.4, 0.5) is 0 Å². The third kappa shape index (κ3) is 4.64. The smallest absolute Gasteiger partial charge is 0.240 e. The fourth-order valence-corrected chi connectivity index (χ4v) is 4.91. The molecule has 3 rings (SSSR count). The number of carbonyl (C=O) groups is 1. The third-order valence-electron chi connectivity index (χ3n) is 5.52. The van der Waals surface area contributed by atoms with Crippen LogP contribution < -0.4 is 10.0 Å². The van der Waals surface area contributed by atoms with Gasteiger partial charge in [0.1, 0.15) is 0 Å². The Hall–Kier alpha value is -1.44. The van der Waals surface area contributed by atoms with Crippen LogP contribution in [0.3, 0.4) is 0 Å². The first-order chi connectivity index (χ1) is 12.5. The van der Waals surface area contributed by atoms with Crippen molar-refractivity contribution < 1.29 is 13.2 Å². The van der Waals surface area contributed by atoms with Gasteiger partial charge in [0.15, 0.2) is 0 Å². The highest BCUT2D eigenvalue weighted by Gasteiger charge is 2.22. The Bertz CT molecular complexity index is 740. The first-order valence-corrected chi connectivity index (χ1v) is 11.0. The number of rotatable bonds is 6. The van der Waals surface area contributed by atoms with Gasteiger partial charge in [0.25, 0.3) is 0 Å². The molecule has 1 aliphatic carbocycles. The fourth-order valence-electron chi connectivity index (χ4n) is 3.83. The van der Waals surface area contributed by atoms with Crippen molar-refractivity contribution in [1.82, 2.24) is 14.9 Å². The van der Waals surface area contributed by atoms with Gasteiger partial charge in [0.2, 0.25) is 15.9 Å². The van der Waals surface area contributed by atoms with Crippen molar-refractivity contribution in [2.75, 3.05) is 26.7 Å². The van der Waals surface area contributed by atoms with Gasteiger partial charge in [-0.2, -0.15) is 0 Å². The third-order valence-corrected chi connectivity index (χ3v) is 6.98. The number of amides is 1. The summed E-state index contributed by atoms with van der Waals surface area (Å²) >= 11 is 0. The predicted octanol–water partition coefficient (Wildman–Crippen LogP) is 1.44. The number of nitrogens with zero attached hydrogens (tertiary/aromatic N) is 1. The SMILES string of the molecule is CNC1CCN(C(=O)CCNS(=O)(=O)c2ccc3c(c2)CCCC3)CC1. The van der Waals surface area contributed by atoms with Gasteiger partial charge in [-0.05, 0) is 68.8 Å². The number of fused-ring (bicyclic) bond motifs is 1. The maximum atomic E-state index is 12.5. The summed E-state index contributed by atoms with van der Waals surface area (Å²) in [7, 11) is -1.62. The molecular formula is C19H29N3O3S. The summed E-state index contributed by atoms with van der Waals surface area (Å²) in [6, 6.07) is 5.87. The summed E-state index contributed by atoms with van der Waals surface area (Å²) < 4.78 is 27.6. The molecule has 6 nitrogen and oxygen atoms in total. The molecule has 2 aliphatic rings. The van der Waals surface area contributed by atoms with E-state index in [2.05, 4.69) is 10.0 Å². The van der Waals surface area contributed by atoms with Crippen LogP contribution in [0.2, 0.25) is 0 Å². The second kappa shape index (κ2) is 8.50. The second-order valence-corrected chi connectivity index (χ2v) is 9.00. The molecule has 0 atom stereocenters. The van der Waals surface area contributed by atoms with Crippen LogP contribution in [0.5, 0.6) is 0 Å². The zero-order valence-electron chi connectivity index (χ0n) is 15.5. The van der Waals surface area contributed by atoms with Crippen LogP contribution in [-0.4, -0.2) is 51.9 Å². The molecule has 1 saturated heterocycles. The van der Waals surface area contributed by atoms with Gasteiger partial charge >= 0.3 is 0 Å². The van der Waals surface area contributed by atoms with Crippen LogP contribution in [0.25, 0.3) is 0 Å². The van der Waals surface area contributed by atoms with Crippen LogP contribution >= 0.6 is 0 Å². The molecule has 7 heteroatoms. The van der Waals surface area contributed by atoms with Gasteiger partial charge in [-0.1, -0.05) is 6.07 Å². The quantitative estimate of drug-likeness (QED) is 0.784. The summed E-state index contributed by atoms with van der Waals surface area (Å²) in [6.07, 6.45) is 6.36. The Morgan fingerprint density at radius 1 is 1.15 bits per heavy atom. The number of benzene rings is 1. The van der Waals surface area contributed by atoms with E-state index in [-0.39, 0.29) is 18.9 Å². The largest absolute Gasteiger partial charge is 0.343 e. The Morgan fingerprint density at radius 3 is 2.54 bits per heavy atom. The molecule has 26 heavy (non-hydrogen) atoms. The van der Waals surface area contributed by atoms with Crippen molar-refractivity contribution >= 4 is 15.9 Å². The Kier molecular flexibility index (Phi) is 6.32. The normalized spacial score (nSPS) is 18.6. The summed E-state index contributed by atoms with van der Waals surface area (Å²) in [5.41, 5.74) is 2.40. The van der Waals surface area contributed by atoms with Crippen molar-refractivity contribution in [1.29, 1.82) is 0 Å². The van der Waals surface area contributed by atoms with E-state index in [1.807, 2.05) is 18.0 Å². The van der Waals surface area contributed by atoms with E-state index in [4.69, 9.17) is 0 Å². The topological polar surface area (TPSA) is 78.5 Å². The molecule has 0 aromatic heterocycles. The zero-order chi connectivity index (χ0) is 18.6. The molecule has 1 aromatic rings. The first-order valence-electron chi connectivity index (χ1n) is 9.56. The molecule has 0 unspecified atom stereocenters. The summed E-state index contributed by atoms with van der Waals surface area (Å²) in [5, 5.41) is 3.24. The van der Waals surface area contributed by atoms with E-state index in [1.54, 1.807) is 12.1 Å². The van der Waals surface area contributed by atoms with E-state index in [1.165, 1.54) is 12.0 Å². The van der Waals surface area contributed by atoms with E-state index >= 15 is 0 Å². The van der Waals surface area contributed by atoms with Crippen molar-refractivity contribution in [2.24, 2.45) is 0 Å². The summed E-state index contributed by atoms with van der Waals surface area (Å²) in [6.45, 7) is 1.62. The highest BCUT2D eigenvalue weighted by atomic mass is 32.2. The van der Waals surface area contributed by atoms with Crippen molar-refractivity contribution in [3.05, 3.63) is 29.3 Å². The number of sulfonamides is 1. The predicted molar refractivity (Wildman–Crippen MR) is 102 cm³/mol. The molecule has 0 bridgehead atoms. The lowest BCUT2D eigenvalue weighted by molar-refractivity contribution is -0.132. The lowest BCUT2D eigenvalue weighted by atomic mass is 9.92. The van der Waals surface area contributed by atoms with Crippen LogP contribution in [0.15, 0.2) is 23.1 Å². The van der Waals surface area contributed by atoms with E-state index in [9.17, 15) is 13.2 Å². The summed E-state index contributed by atoms with van der Waals surface area (Å²) in [5.74, 6) is 0.0210. The molecule has 1 amide bonds. The van der Waals surface area contributed by atoms with Crippen molar-refractivity contribution in [3.8, 4) is 0 Å². The van der Waals surface area contributed by atoms with Crippen LogP contribution in [0.1, 0.15) is 43.2 Å². The van der Waals surface area contributed by atoms with Crippen molar-refractivity contribution in [3.63, 3.8) is 0 Å². The van der Waals surface area contributed by atoms with Crippen LogP contribution in [0, 0.1) is 0 Å². The molecule has 1 heterocycles. The molecule has 0 saturated carbocycles. The standard InChI is InChI=1S/C19H29N3O3S/c1-20-17-9-12-22(13-10-17)19(23)8-11-21-26(24,25)18-7-6-15-4-2-3-5-16(15)14-18/h6-7,14,17,20-21H,2-5,8-13H2,1H3. The Morgan fingerprint density at radius 2 is 1.85 bits per heavy atom. The van der Waals surface area contributed by atoms with Gasteiger partial charge in [-0.15, -0.1) is 0 Å². The zero-order valence-corrected chi connectivity index (χ0v) is 16.3.